The number of halogens is 1. The zero-order valence-electron chi connectivity index (χ0n) is 14.7. The zero-order valence-corrected chi connectivity index (χ0v) is 17.0. The SMILES string of the molecule is CC1CCN(C(=NCC(=O)N(C)C)NC2CC2)CC12CCC2.I. The third kappa shape index (κ3) is 4.31. The molecule has 1 saturated heterocycles. The van der Waals surface area contributed by atoms with E-state index in [-0.39, 0.29) is 36.4 Å². The van der Waals surface area contributed by atoms with Crippen LogP contribution in [0.3, 0.4) is 0 Å². The van der Waals surface area contributed by atoms with Crippen LogP contribution in [-0.2, 0) is 4.79 Å². The van der Waals surface area contributed by atoms with Gasteiger partial charge >= 0.3 is 0 Å². The van der Waals surface area contributed by atoms with Gasteiger partial charge in [0.1, 0.15) is 6.54 Å². The molecule has 0 bridgehead atoms. The Hall–Kier alpha value is -0.530. The highest BCUT2D eigenvalue weighted by atomic mass is 127. The number of amides is 1. The van der Waals surface area contributed by atoms with Gasteiger partial charge in [-0.3, -0.25) is 4.79 Å². The number of hydrogen-bond donors (Lipinski definition) is 1. The number of carbonyl (C=O) groups excluding carboxylic acids is 1. The lowest BCUT2D eigenvalue weighted by atomic mass is 9.59. The molecule has 6 heteroatoms. The van der Waals surface area contributed by atoms with Crippen molar-refractivity contribution in [1.29, 1.82) is 0 Å². The van der Waals surface area contributed by atoms with Gasteiger partial charge in [-0.15, -0.1) is 24.0 Å². The molecule has 2 saturated carbocycles. The number of likely N-dealkylation sites (N-methyl/N-ethyl adjacent to an activating group) is 1. The maximum absolute atomic E-state index is 11.9. The van der Waals surface area contributed by atoms with Crippen LogP contribution < -0.4 is 5.32 Å². The molecule has 0 aromatic heterocycles. The highest BCUT2D eigenvalue weighted by molar-refractivity contribution is 14.0. The zero-order chi connectivity index (χ0) is 15.7. The van der Waals surface area contributed by atoms with Gasteiger partial charge in [-0.05, 0) is 43.4 Å². The summed E-state index contributed by atoms with van der Waals surface area (Å²) in [6, 6.07) is 0.574. The number of rotatable bonds is 3. The van der Waals surface area contributed by atoms with Gasteiger partial charge in [-0.1, -0.05) is 13.3 Å². The molecule has 23 heavy (non-hydrogen) atoms. The van der Waals surface area contributed by atoms with Crippen LogP contribution in [-0.4, -0.2) is 61.4 Å². The normalized spacial score (nSPS) is 26.3. The first-order chi connectivity index (χ1) is 10.5. The molecule has 1 N–H and O–H groups in total. The monoisotopic (exact) mass is 434 g/mol. The first-order valence-corrected chi connectivity index (χ1v) is 8.76. The molecule has 3 fully saturated rings. The van der Waals surface area contributed by atoms with E-state index in [9.17, 15) is 4.79 Å². The van der Waals surface area contributed by atoms with Crippen molar-refractivity contribution >= 4 is 35.8 Å². The van der Waals surface area contributed by atoms with Crippen molar-refractivity contribution in [1.82, 2.24) is 15.1 Å². The summed E-state index contributed by atoms with van der Waals surface area (Å²) in [6.45, 7) is 4.85. The number of nitrogens with zero attached hydrogens (tertiary/aromatic N) is 3. The van der Waals surface area contributed by atoms with E-state index in [2.05, 4.69) is 22.1 Å². The minimum absolute atomic E-state index is 0. The van der Waals surface area contributed by atoms with E-state index in [0.717, 1.165) is 25.0 Å². The van der Waals surface area contributed by atoms with Crippen molar-refractivity contribution in [2.24, 2.45) is 16.3 Å². The van der Waals surface area contributed by atoms with Crippen molar-refractivity contribution < 1.29 is 4.79 Å². The van der Waals surface area contributed by atoms with Gasteiger partial charge in [0.2, 0.25) is 5.91 Å². The summed E-state index contributed by atoms with van der Waals surface area (Å²) in [7, 11) is 3.58. The van der Waals surface area contributed by atoms with E-state index in [1.807, 2.05) is 0 Å². The van der Waals surface area contributed by atoms with Gasteiger partial charge < -0.3 is 15.1 Å². The average Bonchev–Trinajstić information content (AvgIpc) is 3.25. The van der Waals surface area contributed by atoms with Crippen molar-refractivity contribution in [2.45, 2.75) is 51.5 Å². The second-order valence-electron chi connectivity index (χ2n) is 7.67. The number of nitrogens with one attached hydrogen (secondary N) is 1. The van der Waals surface area contributed by atoms with Crippen LogP contribution in [0.1, 0.15) is 45.4 Å². The summed E-state index contributed by atoms with van der Waals surface area (Å²) >= 11 is 0. The Bertz CT molecular complexity index is 458. The van der Waals surface area contributed by atoms with Crippen LogP contribution in [0.4, 0.5) is 0 Å². The molecule has 3 aliphatic rings. The average molecular weight is 434 g/mol. The van der Waals surface area contributed by atoms with Gasteiger partial charge in [0.25, 0.3) is 0 Å². The number of carbonyl (C=O) groups is 1. The molecule has 3 rings (SSSR count). The Kier molecular flexibility index (Phi) is 6.19. The Labute approximate surface area is 157 Å². The van der Waals surface area contributed by atoms with Crippen LogP contribution >= 0.6 is 24.0 Å². The van der Waals surface area contributed by atoms with E-state index < -0.39 is 0 Å². The van der Waals surface area contributed by atoms with E-state index >= 15 is 0 Å². The van der Waals surface area contributed by atoms with Crippen LogP contribution in [0.2, 0.25) is 0 Å². The summed E-state index contributed by atoms with van der Waals surface area (Å²) in [5, 5.41) is 3.56. The second-order valence-corrected chi connectivity index (χ2v) is 7.67. The fraction of sp³-hybridized carbons (Fsp3) is 0.882. The van der Waals surface area contributed by atoms with Gasteiger partial charge in [-0.2, -0.15) is 0 Å². The largest absolute Gasteiger partial charge is 0.353 e. The highest BCUT2D eigenvalue weighted by Crippen LogP contribution is 2.50. The topological polar surface area (TPSA) is 47.9 Å². The van der Waals surface area contributed by atoms with E-state index in [0.29, 0.717) is 11.5 Å². The Morgan fingerprint density at radius 3 is 2.52 bits per heavy atom. The molecule has 0 aromatic rings. The van der Waals surface area contributed by atoms with E-state index in [1.165, 1.54) is 38.5 Å². The minimum atomic E-state index is 0. The Morgan fingerprint density at radius 2 is 2.00 bits per heavy atom. The quantitative estimate of drug-likeness (QED) is 0.422. The maximum Gasteiger partial charge on any atom is 0.243 e. The maximum atomic E-state index is 11.9. The van der Waals surface area contributed by atoms with Crippen molar-refractivity contribution in [3.8, 4) is 0 Å². The van der Waals surface area contributed by atoms with Crippen LogP contribution in [0.5, 0.6) is 0 Å². The van der Waals surface area contributed by atoms with Crippen molar-refractivity contribution in [3.63, 3.8) is 0 Å². The van der Waals surface area contributed by atoms with Crippen LogP contribution in [0.15, 0.2) is 4.99 Å². The second kappa shape index (κ2) is 7.57. The van der Waals surface area contributed by atoms with Crippen LogP contribution in [0, 0.1) is 11.3 Å². The molecule has 0 aromatic carbocycles. The Morgan fingerprint density at radius 1 is 1.30 bits per heavy atom. The number of aliphatic imine (C=N–C) groups is 1. The molecule has 1 unspecified atom stereocenters. The summed E-state index contributed by atoms with van der Waals surface area (Å²) in [6.07, 6.45) is 7.80. The lowest BCUT2D eigenvalue weighted by Crippen LogP contribution is -2.56. The summed E-state index contributed by atoms with van der Waals surface area (Å²) in [5.74, 6) is 1.86. The van der Waals surface area contributed by atoms with Gasteiger partial charge in [-0.25, -0.2) is 4.99 Å². The molecule has 1 spiro atoms. The third-order valence-corrected chi connectivity index (χ3v) is 5.81. The summed E-state index contributed by atoms with van der Waals surface area (Å²) < 4.78 is 0. The standard InChI is InChI=1S/C17H30N4O.HI/c1-13-7-10-21(12-17(13)8-4-9-17)16(19-14-5-6-14)18-11-15(22)20(2)3;/h13-14H,4-12H2,1-3H3,(H,18,19);1H. The lowest BCUT2D eigenvalue weighted by Gasteiger charge is -2.53. The highest BCUT2D eigenvalue weighted by Gasteiger charge is 2.46. The molecule has 1 amide bonds. The van der Waals surface area contributed by atoms with Gasteiger partial charge in [0, 0.05) is 33.2 Å². The van der Waals surface area contributed by atoms with Gasteiger partial charge in [0.15, 0.2) is 5.96 Å². The van der Waals surface area contributed by atoms with Crippen molar-refractivity contribution in [2.75, 3.05) is 33.7 Å². The van der Waals surface area contributed by atoms with Gasteiger partial charge in [0.05, 0.1) is 0 Å². The number of piperidine rings is 1. The Balaban J connectivity index is 0.00000192. The predicted molar refractivity (Wildman–Crippen MR) is 104 cm³/mol. The number of hydrogen-bond acceptors (Lipinski definition) is 2. The molecule has 1 heterocycles. The molecule has 1 atom stereocenters. The summed E-state index contributed by atoms with van der Waals surface area (Å²) in [5.41, 5.74) is 0.510. The number of likely N-dealkylation sites (tertiary alicyclic amines) is 1. The fourth-order valence-corrected chi connectivity index (χ4v) is 3.66. The third-order valence-electron chi connectivity index (χ3n) is 5.81. The first kappa shape index (κ1) is 18.8. The molecular weight excluding hydrogens is 403 g/mol. The molecule has 132 valence electrons. The minimum Gasteiger partial charge on any atom is -0.353 e. The number of guanidine groups is 1. The fourth-order valence-electron chi connectivity index (χ4n) is 3.66. The summed E-state index contributed by atoms with van der Waals surface area (Å²) in [4.78, 5) is 20.5. The van der Waals surface area contributed by atoms with Crippen LogP contribution in [0.25, 0.3) is 0 Å². The first-order valence-electron chi connectivity index (χ1n) is 8.76. The smallest absolute Gasteiger partial charge is 0.243 e. The predicted octanol–water partition coefficient (Wildman–Crippen LogP) is 2.31. The molecule has 1 aliphatic heterocycles. The molecule has 0 radical (unpaired) electrons. The lowest BCUT2D eigenvalue weighted by molar-refractivity contribution is -0.127. The van der Waals surface area contributed by atoms with Crippen molar-refractivity contribution in [3.05, 3.63) is 0 Å². The van der Waals surface area contributed by atoms with E-state index in [4.69, 9.17) is 0 Å². The molecular formula is C17H31IN4O. The molecule has 2 aliphatic carbocycles. The van der Waals surface area contributed by atoms with E-state index in [1.54, 1.807) is 19.0 Å². The molecule has 5 nitrogen and oxygen atoms in total.